The molecular formula is C12H11N3O2. The van der Waals surface area contributed by atoms with Crippen LogP contribution in [0.1, 0.15) is 34.6 Å². The van der Waals surface area contributed by atoms with Crippen molar-refractivity contribution in [2.45, 2.75) is 19.6 Å². The predicted molar refractivity (Wildman–Crippen MR) is 62.5 cm³/mol. The van der Waals surface area contributed by atoms with Crippen LogP contribution in [0.4, 0.5) is 5.82 Å². The summed E-state index contributed by atoms with van der Waals surface area (Å²) in [6, 6.07) is 1.73. The van der Waals surface area contributed by atoms with E-state index in [1.165, 1.54) is 0 Å². The standard InChI is InChI=1S/C12H11N3O2/c1-6-11-9(5-17-6)8-2-7(4-16)14-3-10(8)15-12(11)13/h2-4,6H,5H2,1H3,(H2,13,15)/t6-/m1/s1. The molecule has 2 aromatic heterocycles. The SMILES string of the molecule is C[C@H]1OCc2c1c(N)nc1cnc(C=O)cc21. The third-order valence-corrected chi connectivity index (χ3v) is 3.08. The highest BCUT2D eigenvalue weighted by Crippen LogP contribution is 2.37. The number of rotatable bonds is 1. The summed E-state index contributed by atoms with van der Waals surface area (Å²) in [7, 11) is 0. The average Bonchev–Trinajstić information content (AvgIpc) is 2.72. The molecule has 2 N–H and O–H groups in total. The second-order valence-electron chi connectivity index (χ2n) is 4.09. The molecule has 5 nitrogen and oxygen atoms in total. The highest BCUT2D eigenvalue weighted by molar-refractivity contribution is 5.89. The molecule has 3 heterocycles. The van der Waals surface area contributed by atoms with E-state index in [9.17, 15) is 4.79 Å². The number of hydrogen-bond acceptors (Lipinski definition) is 5. The first kappa shape index (κ1) is 10.2. The molecule has 3 rings (SSSR count). The molecule has 0 radical (unpaired) electrons. The zero-order valence-corrected chi connectivity index (χ0v) is 9.30. The minimum absolute atomic E-state index is 0.0465. The molecule has 0 fully saturated rings. The number of nitrogens with two attached hydrogens (primary N) is 1. The number of aromatic nitrogens is 2. The van der Waals surface area contributed by atoms with Crippen LogP contribution in [-0.2, 0) is 11.3 Å². The molecule has 0 aromatic carbocycles. The first-order chi connectivity index (χ1) is 8.20. The summed E-state index contributed by atoms with van der Waals surface area (Å²) >= 11 is 0. The molecule has 0 saturated carbocycles. The van der Waals surface area contributed by atoms with Gasteiger partial charge in [0.15, 0.2) is 6.29 Å². The van der Waals surface area contributed by atoms with Gasteiger partial charge in [-0.25, -0.2) is 4.98 Å². The summed E-state index contributed by atoms with van der Waals surface area (Å²) in [5, 5.41) is 0.899. The van der Waals surface area contributed by atoms with Gasteiger partial charge in [0.05, 0.1) is 24.4 Å². The van der Waals surface area contributed by atoms with Gasteiger partial charge >= 0.3 is 0 Å². The van der Waals surface area contributed by atoms with E-state index in [2.05, 4.69) is 9.97 Å². The summed E-state index contributed by atoms with van der Waals surface area (Å²) in [5.41, 5.74) is 8.95. The topological polar surface area (TPSA) is 78.1 Å². The van der Waals surface area contributed by atoms with Crippen LogP contribution >= 0.6 is 0 Å². The van der Waals surface area contributed by atoms with Crippen molar-refractivity contribution < 1.29 is 9.53 Å². The van der Waals surface area contributed by atoms with Crippen molar-refractivity contribution >= 4 is 23.0 Å². The van der Waals surface area contributed by atoms with E-state index in [1.807, 2.05) is 6.92 Å². The van der Waals surface area contributed by atoms with E-state index in [0.717, 1.165) is 22.8 Å². The minimum atomic E-state index is -0.0465. The number of aldehydes is 1. The molecular weight excluding hydrogens is 218 g/mol. The van der Waals surface area contributed by atoms with E-state index in [1.54, 1.807) is 12.3 Å². The fourth-order valence-electron chi connectivity index (χ4n) is 2.25. The van der Waals surface area contributed by atoms with Crippen LogP contribution in [0, 0.1) is 0 Å². The van der Waals surface area contributed by atoms with Crippen LogP contribution in [-0.4, -0.2) is 16.3 Å². The average molecular weight is 229 g/mol. The van der Waals surface area contributed by atoms with Gasteiger partial charge in [0.1, 0.15) is 11.5 Å². The van der Waals surface area contributed by atoms with Crippen molar-refractivity contribution in [3.63, 3.8) is 0 Å². The molecule has 2 aromatic rings. The number of pyridine rings is 2. The van der Waals surface area contributed by atoms with Crippen molar-refractivity contribution in [2.24, 2.45) is 0 Å². The van der Waals surface area contributed by atoms with Gasteiger partial charge in [0.2, 0.25) is 0 Å². The van der Waals surface area contributed by atoms with Gasteiger partial charge in [0.25, 0.3) is 0 Å². The lowest BCUT2D eigenvalue weighted by Crippen LogP contribution is -2.02. The summed E-state index contributed by atoms with van der Waals surface area (Å²) in [6.07, 6.45) is 2.25. The Bertz CT molecular complexity index is 625. The third kappa shape index (κ3) is 1.39. The Morgan fingerprint density at radius 3 is 3.18 bits per heavy atom. The number of hydrogen-bond donors (Lipinski definition) is 1. The Hall–Kier alpha value is -2.01. The third-order valence-electron chi connectivity index (χ3n) is 3.08. The maximum absolute atomic E-state index is 10.7. The molecule has 17 heavy (non-hydrogen) atoms. The first-order valence-corrected chi connectivity index (χ1v) is 5.35. The van der Waals surface area contributed by atoms with Gasteiger partial charge in [-0.3, -0.25) is 9.78 Å². The lowest BCUT2D eigenvalue weighted by molar-refractivity contribution is 0.0801. The van der Waals surface area contributed by atoms with E-state index < -0.39 is 0 Å². The number of ether oxygens (including phenoxy) is 1. The van der Waals surface area contributed by atoms with Crippen LogP contribution in [0.15, 0.2) is 12.3 Å². The molecule has 0 bridgehead atoms. The van der Waals surface area contributed by atoms with Gasteiger partial charge < -0.3 is 10.5 Å². The largest absolute Gasteiger partial charge is 0.383 e. The number of fused-ring (bicyclic) bond motifs is 3. The van der Waals surface area contributed by atoms with Crippen LogP contribution in [0.25, 0.3) is 10.9 Å². The minimum Gasteiger partial charge on any atom is -0.383 e. The Morgan fingerprint density at radius 1 is 1.59 bits per heavy atom. The van der Waals surface area contributed by atoms with Gasteiger partial charge in [-0.2, -0.15) is 0 Å². The van der Waals surface area contributed by atoms with Crippen LogP contribution in [0.3, 0.4) is 0 Å². The molecule has 0 saturated heterocycles. The Morgan fingerprint density at radius 2 is 2.41 bits per heavy atom. The molecule has 1 atom stereocenters. The van der Waals surface area contributed by atoms with Gasteiger partial charge in [-0.05, 0) is 18.6 Å². The van der Waals surface area contributed by atoms with Gasteiger partial charge in [-0.15, -0.1) is 0 Å². The van der Waals surface area contributed by atoms with E-state index >= 15 is 0 Å². The number of carbonyl (C=O) groups is 1. The summed E-state index contributed by atoms with van der Waals surface area (Å²) in [6.45, 7) is 2.44. The molecule has 0 unspecified atom stereocenters. The summed E-state index contributed by atoms with van der Waals surface area (Å²) in [5.74, 6) is 0.484. The highest BCUT2D eigenvalue weighted by Gasteiger charge is 2.25. The van der Waals surface area contributed by atoms with Crippen molar-refractivity contribution in [1.29, 1.82) is 0 Å². The normalized spacial score (nSPS) is 18.3. The van der Waals surface area contributed by atoms with Crippen LogP contribution < -0.4 is 5.73 Å². The maximum Gasteiger partial charge on any atom is 0.168 e. The number of nitrogen functional groups attached to an aromatic ring is 1. The van der Waals surface area contributed by atoms with Crippen molar-refractivity contribution in [3.05, 3.63) is 29.1 Å². The van der Waals surface area contributed by atoms with E-state index in [0.29, 0.717) is 23.6 Å². The van der Waals surface area contributed by atoms with E-state index in [4.69, 9.17) is 10.5 Å². The molecule has 1 aliphatic heterocycles. The molecule has 0 amide bonds. The Labute approximate surface area is 97.6 Å². The maximum atomic E-state index is 10.7. The van der Waals surface area contributed by atoms with Crippen molar-refractivity contribution in [2.75, 3.05) is 5.73 Å². The number of carbonyl (C=O) groups excluding carboxylic acids is 1. The fourth-order valence-corrected chi connectivity index (χ4v) is 2.25. The zero-order chi connectivity index (χ0) is 12.0. The van der Waals surface area contributed by atoms with Crippen molar-refractivity contribution in [3.8, 4) is 0 Å². The molecule has 0 aliphatic carbocycles. The fraction of sp³-hybridized carbons (Fsp3) is 0.250. The second kappa shape index (κ2) is 3.49. The second-order valence-corrected chi connectivity index (χ2v) is 4.09. The molecule has 1 aliphatic rings. The first-order valence-electron chi connectivity index (χ1n) is 5.35. The number of anilines is 1. The van der Waals surface area contributed by atoms with Crippen molar-refractivity contribution in [1.82, 2.24) is 9.97 Å². The smallest absolute Gasteiger partial charge is 0.168 e. The lowest BCUT2D eigenvalue weighted by Gasteiger charge is -2.08. The Balaban J connectivity index is 2.39. The van der Waals surface area contributed by atoms with E-state index in [-0.39, 0.29) is 6.10 Å². The molecule has 5 heteroatoms. The quantitative estimate of drug-likeness (QED) is 0.752. The highest BCUT2D eigenvalue weighted by atomic mass is 16.5. The predicted octanol–water partition coefficient (Wildman–Crippen LogP) is 1.62. The van der Waals surface area contributed by atoms with Crippen LogP contribution in [0.2, 0.25) is 0 Å². The lowest BCUT2D eigenvalue weighted by atomic mass is 10.0. The Kier molecular flexibility index (Phi) is 2.09. The molecule has 0 spiro atoms. The van der Waals surface area contributed by atoms with Crippen LogP contribution in [0.5, 0.6) is 0 Å². The monoisotopic (exact) mass is 229 g/mol. The summed E-state index contributed by atoms with van der Waals surface area (Å²) in [4.78, 5) is 19.0. The zero-order valence-electron chi connectivity index (χ0n) is 9.30. The summed E-state index contributed by atoms with van der Waals surface area (Å²) < 4.78 is 5.56. The number of nitrogens with zero attached hydrogens (tertiary/aromatic N) is 2. The van der Waals surface area contributed by atoms with Gasteiger partial charge in [0, 0.05) is 10.9 Å². The van der Waals surface area contributed by atoms with Gasteiger partial charge in [-0.1, -0.05) is 0 Å². The molecule has 86 valence electrons.